The third-order valence-corrected chi connectivity index (χ3v) is 2.50. The number of rotatable bonds is 7. The molecule has 2 N–H and O–H groups in total. The van der Waals surface area contributed by atoms with Gasteiger partial charge in [-0.15, -0.1) is 0 Å². The van der Waals surface area contributed by atoms with Crippen LogP contribution < -0.4 is 10.6 Å². The number of aliphatic imine (C=N–C) groups is 1. The molecule has 1 unspecified atom stereocenters. The van der Waals surface area contributed by atoms with Crippen molar-refractivity contribution in [2.45, 2.75) is 53.5 Å². The summed E-state index contributed by atoms with van der Waals surface area (Å²) in [6.07, 6.45) is 2.32. The van der Waals surface area contributed by atoms with Gasteiger partial charge in [0.25, 0.3) is 0 Å². The van der Waals surface area contributed by atoms with Crippen LogP contribution in [-0.2, 0) is 4.74 Å². The normalized spacial score (nSPS) is 14.4. The number of ether oxygens (including phenoxy) is 1. The third-order valence-electron chi connectivity index (χ3n) is 2.50. The lowest BCUT2D eigenvalue weighted by molar-refractivity contribution is 0.179. The van der Waals surface area contributed by atoms with Crippen LogP contribution in [0, 0.1) is 5.41 Å². The molecule has 0 aliphatic heterocycles. The molecule has 0 bridgehead atoms. The van der Waals surface area contributed by atoms with Crippen LogP contribution in [0.4, 0.5) is 0 Å². The van der Waals surface area contributed by atoms with Crippen LogP contribution in [0.3, 0.4) is 0 Å². The Balaban J connectivity index is 4.07. The van der Waals surface area contributed by atoms with E-state index in [2.05, 4.69) is 50.2 Å². The summed E-state index contributed by atoms with van der Waals surface area (Å²) >= 11 is 0. The molecular weight excluding hydrogens is 226 g/mol. The largest absolute Gasteiger partial charge is 0.383 e. The fourth-order valence-electron chi connectivity index (χ4n) is 1.65. The van der Waals surface area contributed by atoms with E-state index in [4.69, 9.17) is 4.74 Å². The minimum Gasteiger partial charge on any atom is -0.383 e. The van der Waals surface area contributed by atoms with E-state index in [1.165, 1.54) is 6.42 Å². The molecule has 0 fully saturated rings. The van der Waals surface area contributed by atoms with Crippen molar-refractivity contribution in [1.29, 1.82) is 0 Å². The van der Waals surface area contributed by atoms with E-state index in [1.54, 1.807) is 7.11 Å². The first-order valence-corrected chi connectivity index (χ1v) is 6.93. The van der Waals surface area contributed by atoms with Crippen molar-refractivity contribution in [2.75, 3.05) is 26.8 Å². The minimum atomic E-state index is 0.274. The number of methoxy groups -OCH3 is 1. The Morgan fingerprint density at radius 3 is 2.50 bits per heavy atom. The van der Waals surface area contributed by atoms with Gasteiger partial charge in [0.05, 0.1) is 6.61 Å². The van der Waals surface area contributed by atoms with Gasteiger partial charge in [0.15, 0.2) is 5.96 Å². The molecule has 0 rings (SSSR count). The van der Waals surface area contributed by atoms with E-state index >= 15 is 0 Å². The van der Waals surface area contributed by atoms with Crippen molar-refractivity contribution >= 4 is 5.96 Å². The second kappa shape index (κ2) is 9.20. The first-order valence-electron chi connectivity index (χ1n) is 6.93. The molecule has 0 amide bonds. The minimum absolute atomic E-state index is 0.274. The summed E-state index contributed by atoms with van der Waals surface area (Å²) in [5.74, 6) is 0.885. The van der Waals surface area contributed by atoms with Crippen molar-refractivity contribution in [1.82, 2.24) is 10.6 Å². The molecule has 0 aromatic carbocycles. The maximum Gasteiger partial charge on any atom is 0.191 e. The Hall–Kier alpha value is -0.770. The standard InChI is InChI=1S/C14H31N3O/c1-7-15-13(17-12(2)11-18-6)16-10-8-9-14(3,4)5/h12H,7-11H2,1-6H3,(H2,15,16,17). The topological polar surface area (TPSA) is 45.7 Å². The van der Waals surface area contributed by atoms with Gasteiger partial charge in [-0.05, 0) is 32.1 Å². The molecule has 0 aliphatic carbocycles. The number of nitrogens with one attached hydrogen (secondary N) is 2. The van der Waals surface area contributed by atoms with Gasteiger partial charge >= 0.3 is 0 Å². The Bertz CT molecular complexity index is 234. The van der Waals surface area contributed by atoms with Crippen molar-refractivity contribution in [3.8, 4) is 0 Å². The molecule has 0 aromatic heterocycles. The number of nitrogens with zero attached hydrogens (tertiary/aromatic N) is 1. The summed E-state index contributed by atoms with van der Waals surface area (Å²) in [4.78, 5) is 4.58. The molecule has 1 atom stereocenters. The molecule has 4 nitrogen and oxygen atoms in total. The summed E-state index contributed by atoms with van der Waals surface area (Å²) in [6.45, 7) is 13.4. The van der Waals surface area contributed by atoms with Gasteiger partial charge in [-0.3, -0.25) is 4.99 Å². The molecule has 0 spiro atoms. The van der Waals surface area contributed by atoms with Crippen LogP contribution in [0.1, 0.15) is 47.5 Å². The predicted molar refractivity (Wildman–Crippen MR) is 79.1 cm³/mol. The Labute approximate surface area is 113 Å². The van der Waals surface area contributed by atoms with Gasteiger partial charge < -0.3 is 15.4 Å². The van der Waals surface area contributed by atoms with Gasteiger partial charge in [0.1, 0.15) is 0 Å². The van der Waals surface area contributed by atoms with Gasteiger partial charge in [-0.25, -0.2) is 0 Å². The average molecular weight is 257 g/mol. The third kappa shape index (κ3) is 10.4. The van der Waals surface area contributed by atoms with Gasteiger partial charge in [0.2, 0.25) is 0 Å². The summed E-state index contributed by atoms with van der Waals surface area (Å²) in [5.41, 5.74) is 0.393. The quantitative estimate of drug-likeness (QED) is 0.418. The Kier molecular flexibility index (Phi) is 8.81. The molecule has 18 heavy (non-hydrogen) atoms. The maximum absolute atomic E-state index is 5.11. The van der Waals surface area contributed by atoms with Crippen LogP contribution in [0.5, 0.6) is 0 Å². The molecular formula is C14H31N3O. The zero-order valence-corrected chi connectivity index (χ0v) is 13.0. The SMILES string of the molecule is CCNC(=NCCCC(C)(C)C)NC(C)COC. The lowest BCUT2D eigenvalue weighted by atomic mass is 9.91. The fourth-order valence-corrected chi connectivity index (χ4v) is 1.65. The smallest absolute Gasteiger partial charge is 0.191 e. The van der Waals surface area contributed by atoms with Crippen LogP contribution in [0.15, 0.2) is 4.99 Å². The van der Waals surface area contributed by atoms with Crippen LogP contribution in [0.25, 0.3) is 0 Å². The highest BCUT2D eigenvalue weighted by Crippen LogP contribution is 2.20. The first kappa shape index (κ1) is 17.2. The van der Waals surface area contributed by atoms with Gasteiger partial charge in [-0.1, -0.05) is 20.8 Å². The molecule has 0 radical (unpaired) electrons. The average Bonchev–Trinajstić information content (AvgIpc) is 2.23. The Morgan fingerprint density at radius 1 is 1.33 bits per heavy atom. The molecule has 108 valence electrons. The van der Waals surface area contributed by atoms with Crippen LogP contribution in [-0.4, -0.2) is 38.8 Å². The zero-order valence-electron chi connectivity index (χ0n) is 13.0. The van der Waals surface area contributed by atoms with Crippen molar-refractivity contribution in [3.05, 3.63) is 0 Å². The maximum atomic E-state index is 5.11. The monoisotopic (exact) mass is 257 g/mol. The van der Waals surface area contributed by atoms with Gasteiger partial charge in [0, 0.05) is 26.2 Å². The van der Waals surface area contributed by atoms with Crippen molar-refractivity contribution < 1.29 is 4.74 Å². The summed E-state index contributed by atoms with van der Waals surface area (Å²) < 4.78 is 5.11. The van der Waals surface area contributed by atoms with E-state index in [1.807, 2.05) is 0 Å². The molecule has 4 heteroatoms. The summed E-state index contributed by atoms with van der Waals surface area (Å²) in [5, 5.41) is 6.58. The molecule has 0 saturated carbocycles. The summed E-state index contributed by atoms with van der Waals surface area (Å²) in [6, 6.07) is 0.274. The second-order valence-electron chi connectivity index (χ2n) is 5.93. The number of hydrogen-bond acceptors (Lipinski definition) is 2. The van der Waals surface area contributed by atoms with Crippen LogP contribution in [0.2, 0.25) is 0 Å². The number of hydrogen-bond donors (Lipinski definition) is 2. The van der Waals surface area contributed by atoms with E-state index < -0.39 is 0 Å². The summed E-state index contributed by atoms with van der Waals surface area (Å²) in [7, 11) is 1.71. The molecule has 0 saturated heterocycles. The highest BCUT2D eigenvalue weighted by Gasteiger charge is 2.09. The lowest BCUT2D eigenvalue weighted by Gasteiger charge is -2.18. The van der Waals surface area contributed by atoms with Crippen molar-refractivity contribution in [3.63, 3.8) is 0 Å². The highest BCUT2D eigenvalue weighted by molar-refractivity contribution is 5.80. The molecule has 0 aliphatic rings. The predicted octanol–water partition coefficient (Wildman–Crippen LogP) is 2.40. The van der Waals surface area contributed by atoms with Gasteiger partial charge in [-0.2, -0.15) is 0 Å². The van der Waals surface area contributed by atoms with Crippen molar-refractivity contribution in [2.24, 2.45) is 10.4 Å². The zero-order chi connectivity index (χ0) is 14.0. The first-order chi connectivity index (χ1) is 8.39. The molecule has 0 aromatic rings. The second-order valence-corrected chi connectivity index (χ2v) is 5.93. The molecule has 0 heterocycles. The van der Waals surface area contributed by atoms with Crippen LogP contribution >= 0.6 is 0 Å². The number of guanidine groups is 1. The highest BCUT2D eigenvalue weighted by atomic mass is 16.5. The van der Waals surface area contributed by atoms with E-state index in [9.17, 15) is 0 Å². The van der Waals surface area contributed by atoms with E-state index in [0.29, 0.717) is 12.0 Å². The lowest BCUT2D eigenvalue weighted by Crippen LogP contribution is -2.44. The van der Waals surface area contributed by atoms with E-state index in [-0.39, 0.29) is 6.04 Å². The Morgan fingerprint density at radius 2 is 2.00 bits per heavy atom. The fraction of sp³-hybridized carbons (Fsp3) is 0.929. The van der Waals surface area contributed by atoms with E-state index in [0.717, 1.165) is 25.5 Å².